The van der Waals surface area contributed by atoms with E-state index in [-0.39, 0.29) is 29.4 Å². The van der Waals surface area contributed by atoms with Gasteiger partial charge < -0.3 is 10.1 Å². The van der Waals surface area contributed by atoms with E-state index in [9.17, 15) is 13.2 Å². The maximum Gasteiger partial charge on any atom is 0.226 e. The molecule has 1 amide bonds. The first-order chi connectivity index (χ1) is 13.4. The Morgan fingerprint density at radius 3 is 2.64 bits per heavy atom. The molecule has 0 saturated carbocycles. The van der Waals surface area contributed by atoms with Gasteiger partial charge in [0, 0.05) is 6.42 Å². The summed E-state index contributed by atoms with van der Waals surface area (Å²) in [7, 11) is -3.39. The predicted octanol–water partition coefficient (Wildman–Crippen LogP) is 4.20. The van der Waals surface area contributed by atoms with E-state index in [4.69, 9.17) is 4.74 Å². The molecule has 8 heteroatoms. The zero-order valence-corrected chi connectivity index (χ0v) is 17.4. The summed E-state index contributed by atoms with van der Waals surface area (Å²) in [5, 5.41) is 3.23. The van der Waals surface area contributed by atoms with Gasteiger partial charge in [-0.2, -0.15) is 0 Å². The first kappa shape index (κ1) is 20.3. The fourth-order valence-corrected chi connectivity index (χ4v) is 4.93. The first-order valence-corrected chi connectivity index (χ1v) is 11.5. The number of nitrogens with zero attached hydrogens (tertiary/aromatic N) is 1. The number of ether oxygens (including phenoxy) is 1. The minimum Gasteiger partial charge on any atom is -0.492 e. The van der Waals surface area contributed by atoms with Gasteiger partial charge in [0.05, 0.1) is 22.0 Å². The van der Waals surface area contributed by atoms with Gasteiger partial charge in [0.2, 0.25) is 5.91 Å². The summed E-state index contributed by atoms with van der Waals surface area (Å²) in [6.45, 7) is 4.34. The van der Waals surface area contributed by atoms with Crippen LogP contribution in [-0.4, -0.2) is 31.7 Å². The van der Waals surface area contributed by atoms with Gasteiger partial charge in [0.1, 0.15) is 11.3 Å². The second kappa shape index (κ2) is 8.70. The van der Waals surface area contributed by atoms with Crippen LogP contribution in [0.4, 0.5) is 5.13 Å². The highest BCUT2D eigenvalue weighted by molar-refractivity contribution is 7.91. The lowest BCUT2D eigenvalue weighted by molar-refractivity contribution is -0.116. The molecule has 3 rings (SSSR count). The minimum atomic E-state index is -3.39. The van der Waals surface area contributed by atoms with Crippen LogP contribution < -0.4 is 10.1 Å². The molecule has 148 valence electrons. The number of fused-ring (bicyclic) bond motifs is 1. The zero-order valence-electron chi connectivity index (χ0n) is 15.8. The molecule has 1 N–H and O–H groups in total. The van der Waals surface area contributed by atoms with Crippen LogP contribution >= 0.6 is 11.3 Å². The molecular weight excluding hydrogens is 396 g/mol. The number of para-hydroxylation sites is 1. The van der Waals surface area contributed by atoms with Gasteiger partial charge in [-0.15, -0.1) is 0 Å². The van der Waals surface area contributed by atoms with Gasteiger partial charge in [-0.1, -0.05) is 35.1 Å². The average molecular weight is 419 g/mol. The number of hydrogen-bond acceptors (Lipinski definition) is 6. The number of benzene rings is 2. The van der Waals surface area contributed by atoms with Gasteiger partial charge >= 0.3 is 0 Å². The number of carbonyl (C=O) groups is 1. The molecule has 0 atom stereocenters. The van der Waals surface area contributed by atoms with Crippen molar-refractivity contribution in [2.24, 2.45) is 0 Å². The van der Waals surface area contributed by atoms with Crippen LogP contribution in [0.25, 0.3) is 10.2 Å². The topological polar surface area (TPSA) is 85.4 Å². The molecule has 0 spiro atoms. The minimum absolute atomic E-state index is 0.0716. The number of aryl methyl sites for hydroxylation is 1. The van der Waals surface area contributed by atoms with Crippen LogP contribution in [0, 0.1) is 6.92 Å². The van der Waals surface area contributed by atoms with Crippen molar-refractivity contribution >= 4 is 42.4 Å². The zero-order chi connectivity index (χ0) is 20.1. The van der Waals surface area contributed by atoms with Crippen molar-refractivity contribution in [3.05, 3.63) is 48.0 Å². The number of carbonyl (C=O) groups excluding carboxylic acids is 1. The average Bonchev–Trinajstić information content (AvgIpc) is 3.05. The fraction of sp³-hybridized carbons (Fsp3) is 0.300. The Morgan fingerprint density at radius 1 is 1.18 bits per heavy atom. The highest BCUT2D eigenvalue weighted by Crippen LogP contribution is 2.32. The van der Waals surface area contributed by atoms with Crippen molar-refractivity contribution in [3.8, 4) is 5.75 Å². The molecule has 6 nitrogen and oxygen atoms in total. The summed E-state index contributed by atoms with van der Waals surface area (Å²) in [6, 6.07) is 12.4. The maximum absolute atomic E-state index is 12.3. The molecule has 0 unspecified atom stereocenters. The van der Waals surface area contributed by atoms with Crippen LogP contribution in [0.2, 0.25) is 0 Å². The Hall–Kier alpha value is -2.45. The van der Waals surface area contributed by atoms with E-state index < -0.39 is 9.84 Å². The van der Waals surface area contributed by atoms with Gasteiger partial charge in [0.15, 0.2) is 15.0 Å². The van der Waals surface area contributed by atoms with E-state index in [0.717, 1.165) is 10.3 Å². The van der Waals surface area contributed by atoms with Crippen molar-refractivity contribution in [1.29, 1.82) is 0 Å². The lowest BCUT2D eigenvalue weighted by Crippen LogP contribution is -2.14. The quantitative estimate of drug-likeness (QED) is 0.593. The predicted molar refractivity (Wildman–Crippen MR) is 112 cm³/mol. The number of thiazole rings is 1. The molecular formula is C20H22N2O4S2. The second-order valence-electron chi connectivity index (χ2n) is 6.34. The van der Waals surface area contributed by atoms with Crippen LogP contribution in [0.15, 0.2) is 47.4 Å². The van der Waals surface area contributed by atoms with Gasteiger partial charge in [-0.3, -0.25) is 4.79 Å². The summed E-state index contributed by atoms with van der Waals surface area (Å²) < 4.78 is 31.2. The molecule has 0 bridgehead atoms. The van der Waals surface area contributed by atoms with Gasteiger partial charge in [-0.05, 0) is 44.5 Å². The van der Waals surface area contributed by atoms with Crippen molar-refractivity contribution in [2.75, 3.05) is 17.7 Å². The monoisotopic (exact) mass is 418 g/mol. The Balaban J connectivity index is 1.58. The summed E-state index contributed by atoms with van der Waals surface area (Å²) in [6.07, 6.45) is 0.358. The molecule has 28 heavy (non-hydrogen) atoms. The number of aromatic nitrogens is 1. The Labute approximate surface area is 168 Å². The van der Waals surface area contributed by atoms with Crippen LogP contribution in [0.5, 0.6) is 5.75 Å². The third kappa shape index (κ3) is 4.88. The lowest BCUT2D eigenvalue weighted by Gasteiger charge is -2.05. The first-order valence-electron chi connectivity index (χ1n) is 9.00. The highest BCUT2D eigenvalue weighted by Gasteiger charge is 2.16. The number of hydrogen-bond donors (Lipinski definition) is 1. The lowest BCUT2D eigenvalue weighted by atomic mass is 10.2. The van der Waals surface area contributed by atoms with Gasteiger partial charge in [0.25, 0.3) is 0 Å². The van der Waals surface area contributed by atoms with Crippen molar-refractivity contribution in [1.82, 2.24) is 4.98 Å². The molecule has 3 aromatic rings. The Kier molecular flexibility index (Phi) is 6.31. The molecule has 0 saturated heterocycles. The summed E-state index contributed by atoms with van der Waals surface area (Å²) in [4.78, 5) is 16.9. The van der Waals surface area contributed by atoms with Crippen LogP contribution in [0.3, 0.4) is 0 Å². The van der Waals surface area contributed by atoms with Crippen molar-refractivity contribution < 1.29 is 17.9 Å². The third-order valence-corrected chi connectivity index (χ3v) is 6.88. The fourth-order valence-electron chi connectivity index (χ4n) is 2.72. The van der Waals surface area contributed by atoms with Crippen molar-refractivity contribution in [2.45, 2.75) is 31.6 Å². The smallest absolute Gasteiger partial charge is 0.226 e. The summed E-state index contributed by atoms with van der Waals surface area (Å²) in [5.74, 6) is 0.356. The molecule has 0 aliphatic rings. The SMILES string of the molecule is CCOc1cccc2sc(NC(=O)CCCS(=O)(=O)c3ccc(C)cc3)nc12. The Morgan fingerprint density at radius 2 is 1.93 bits per heavy atom. The van der Waals surface area contributed by atoms with Crippen LogP contribution in [0.1, 0.15) is 25.3 Å². The standard InChI is InChI=1S/C20H22N2O4S2/c1-3-26-16-6-4-7-17-19(16)22-20(27-17)21-18(23)8-5-13-28(24,25)15-11-9-14(2)10-12-15/h4,6-7,9-12H,3,5,8,13H2,1-2H3,(H,21,22,23). The molecule has 0 aliphatic carbocycles. The summed E-state index contributed by atoms with van der Waals surface area (Å²) in [5.41, 5.74) is 1.72. The van der Waals surface area contributed by atoms with Crippen LogP contribution in [-0.2, 0) is 14.6 Å². The van der Waals surface area contributed by atoms with E-state index in [2.05, 4.69) is 10.3 Å². The second-order valence-corrected chi connectivity index (χ2v) is 9.48. The van der Waals surface area contributed by atoms with E-state index >= 15 is 0 Å². The van der Waals surface area contributed by atoms with E-state index in [0.29, 0.717) is 23.0 Å². The molecule has 1 aromatic heterocycles. The van der Waals surface area contributed by atoms with Crippen molar-refractivity contribution in [3.63, 3.8) is 0 Å². The molecule has 0 radical (unpaired) electrons. The number of anilines is 1. The van der Waals surface area contributed by atoms with E-state index in [1.54, 1.807) is 24.3 Å². The maximum atomic E-state index is 12.3. The van der Waals surface area contributed by atoms with E-state index in [1.165, 1.54) is 11.3 Å². The number of rotatable bonds is 8. The summed E-state index contributed by atoms with van der Waals surface area (Å²) >= 11 is 1.36. The molecule has 0 aliphatic heterocycles. The normalized spacial score (nSPS) is 11.5. The number of sulfone groups is 1. The third-order valence-electron chi connectivity index (χ3n) is 4.13. The molecule has 1 heterocycles. The number of amides is 1. The molecule has 2 aromatic carbocycles. The number of nitrogens with one attached hydrogen (secondary N) is 1. The largest absolute Gasteiger partial charge is 0.492 e. The Bertz CT molecular complexity index is 1070. The van der Waals surface area contributed by atoms with E-state index in [1.807, 2.05) is 32.0 Å². The molecule has 0 fully saturated rings. The highest BCUT2D eigenvalue weighted by atomic mass is 32.2. The van der Waals surface area contributed by atoms with Gasteiger partial charge in [-0.25, -0.2) is 13.4 Å².